The topological polar surface area (TPSA) is 21.3 Å². The van der Waals surface area contributed by atoms with Crippen molar-refractivity contribution in [3.8, 4) is 27.9 Å². The molecule has 58 heavy (non-hydrogen) atoms. The highest BCUT2D eigenvalue weighted by molar-refractivity contribution is 7.26. The van der Waals surface area contributed by atoms with Crippen molar-refractivity contribution >= 4 is 92.3 Å². The fraction of sp³-hybridized carbons (Fsp3) is 0. The lowest BCUT2D eigenvalue weighted by atomic mass is 10.0. The van der Waals surface area contributed by atoms with Crippen LogP contribution in [-0.2, 0) is 0 Å². The first-order valence-electron chi connectivity index (χ1n) is 19.7. The Labute approximate surface area is 338 Å². The smallest absolute Gasteiger partial charge is 0.135 e. The van der Waals surface area contributed by atoms with Gasteiger partial charge >= 0.3 is 0 Å². The number of benzene rings is 9. The number of nitrogens with zero attached hydrogens (tertiary/aromatic N) is 2. The van der Waals surface area contributed by atoms with Gasteiger partial charge in [0.1, 0.15) is 11.2 Å². The molecule has 0 aliphatic carbocycles. The van der Waals surface area contributed by atoms with Gasteiger partial charge in [0.15, 0.2) is 0 Å². The number of fused-ring (bicyclic) bond motifs is 9. The van der Waals surface area contributed by atoms with Crippen molar-refractivity contribution in [2.24, 2.45) is 0 Å². The Bertz CT molecular complexity index is 3460. The monoisotopic (exact) mass is 758 g/mol. The molecule has 9 aromatic carbocycles. The predicted octanol–water partition coefficient (Wildman–Crippen LogP) is 15.9. The molecular formula is C54H34N2OS. The fourth-order valence-electron chi connectivity index (χ4n) is 8.89. The van der Waals surface area contributed by atoms with Crippen LogP contribution in [0.1, 0.15) is 0 Å². The van der Waals surface area contributed by atoms with Crippen LogP contribution < -0.4 is 4.90 Å². The molecular weight excluding hydrogens is 725 g/mol. The molecule has 0 saturated heterocycles. The Morgan fingerprint density at radius 2 is 0.966 bits per heavy atom. The van der Waals surface area contributed by atoms with Gasteiger partial charge in [-0.2, -0.15) is 0 Å². The summed E-state index contributed by atoms with van der Waals surface area (Å²) in [6.07, 6.45) is 0. The minimum atomic E-state index is 0.905. The van der Waals surface area contributed by atoms with Crippen LogP contribution in [0.25, 0.3) is 91.9 Å². The fourth-order valence-corrected chi connectivity index (χ4v) is 10.1. The second kappa shape index (κ2) is 13.1. The summed E-state index contributed by atoms with van der Waals surface area (Å²) in [5, 5.41) is 7.40. The number of aromatic nitrogens is 1. The first-order valence-corrected chi connectivity index (χ1v) is 20.5. The van der Waals surface area contributed by atoms with Crippen molar-refractivity contribution in [1.82, 2.24) is 4.57 Å². The van der Waals surface area contributed by atoms with E-state index >= 15 is 0 Å². The van der Waals surface area contributed by atoms with Gasteiger partial charge in [0, 0.05) is 64.5 Å². The summed E-state index contributed by atoms with van der Waals surface area (Å²) in [7, 11) is 0. The summed E-state index contributed by atoms with van der Waals surface area (Å²) in [5.74, 6) is 0. The lowest BCUT2D eigenvalue weighted by molar-refractivity contribution is 0.669. The first kappa shape index (κ1) is 32.8. The standard InChI is InChI=1S/C54H34N2OS/c1-5-19-49-43(13-1)44-14-2-6-20-50(44)56(49)41-12-9-11-40(34-41)55(38-28-23-35(24-29-38)37-27-32-52-48(33-37)45-15-3-7-21-51(45)57-52)39-30-25-36(26-31-39)42-17-10-18-47-46-16-4-8-22-53(46)58-54(42)47/h1-34H. The molecule has 0 unspecified atom stereocenters. The Hall–Kier alpha value is -7.40. The van der Waals surface area contributed by atoms with E-state index in [2.05, 4.69) is 204 Å². The van der Waals surface area contributed by atoms with E-state index < -0.39 is 0 Å². The molecule has 0 aliphatic heterocycles. The van der Waals surface area contributed by atoms with E-state index in [1.165, 1.54) is 53.1 Å². The van der Waals surface area contributed by atoms with Gasteiger partial charge in [-0.15, -0.1) is 11.3 Å². The summed E-state index contributed by atoms with van der Waals surface area (Å²) in [6.45, 7) is 0. The zero-order chi connectivity index (χ0) is 38.2. The van der Waals surface area contributed by atoms with Gasteiger partial charge in [0.2, 0.25) is 0 Å². The molecule has 3 heterocycles. The van der Waals surface area contributed by atoms with Crippen LogP contribution >= 0.6 is 11.3 Å². The molecule has 0 saturated carbocycles. The van der Waals surface area contributed by atoms with Crippen LogP contribution in [0.5, 0.6) is 0 Å². The largest absolute Gasteiger partial charge is 0.456 e. The van der Waals surface area contributed by atoms with Gasteiger partial charge in [-0.05, 0) is 101 Å². The van der Waals surface area contributed by atoms with Crippen molar-refractivity contribution < 1.29 is 4.42 Å². The molecule has 0 amide bonds. The second-order valence-electron chi connectivity index (χ2n) is 14.9. The maximum Gasteiger partial charge on any atom is 0.135 e. The van der Waals surface area contributed by atoms with Gasteiger partial charge in [-0.25, -0.2) is 0 Å². The Morgan fingerprint density at radius 3 is 1.72 bits per heavy atom. The molecule has 12 aromatic rings. The average molecular weight is 759 g/mol. The van der Waals surface area contributed by atoms with E-state index in [0.717, 1.165) is 55.8 Å². The van der Waals surface area contributed by atoms with Gasteiger partial charge in [0.25, 0.3) is 0 Å². The second-order valence-corrected chi connectivity index (χ2v) is 16.0. The van der Waals surface area contributed by atoms with Gasteiger partial charge in [-0.3, -0.25) is 0 Å². The van der Waals surface area contributed by atoms with Crippen molar-refractivity contribution in [2.75, 3.05) is 4.90 Å². The highest BCUT2D eigenvalue weighted by Crippen LogP contribution is 2.43. The first-order chi connectivity index (χ1) is 28.7. The van der Waals surface area contributed by atoms with Crippen molar-refractivity contribution in [3.05, 3.63) is 206 Å². The molecule has 0 aliphatic rings. The summed E-state index contributed by atoms with van der Waals surface area (Å²) < 4.78 is 11.2. The van der Waals surface area contributed by atoms with E-state index in [4.69, 9.17) is 4.42 Å². The van der Waals surface area contributed by atoms with Crippen LogP contribution in [0, 0.1) is 0 Å². The maximum atomic E-state index is 6.14. The molecule has 0 N–H and O–H groups in total. The number of anilines is 3. The van der Waals surface area contributed by atoms with E-state index in [1.54, 1.807) is 0 Å². The zero-order valence-electron chi connectivity index (χ0n) is 31.3. The van der Waals surface area contributed by atoms with Crippen LogP contribution in [0.4, 0.5) is 17.1 Å². The van der Waals surface area contributed by atoms with Crippen LogP contribution in [-0.4, -0.2) is 4.57 Å². The highest BCUT2D eigenvalue weighted by Gasteiger charge is 2.18. The molecule has 3 nitrogen and oxygen atoms in total. The number of furan rings is 1. The Morgan fingerprint density at radius 1 is 0.379 bits per heavy atom. The third-order valence-corrected chi connectivity index (χ3v) is 12.8. The predicted molar refractivity (Wildman–Crippen MR) is 247 cm³/mol. The van der Waals surface area contributed by atoms with Crippen molar-refractivity contribution in [3.63, 3.8) is 0 Å². The molecule has 0 fully saturated rings. The lowest BCUT2D eigenvalue weighted by Crippen LogP contribution is -2.10. The zero-order valence-corrected chi connectivity index (χ0v) is 32.2. The third kappa shape index (κ3) is 5.19. The van der Waals surface area contributed by atoms with Gasteiger partial charge < -0.3 is 13.9 Å². The Kier molecular flexibility index (Phi) is 7.40. The summed E-state index contributed by atoms with van der Waals surface area (Å²) in [6, 6.07) is 74.5. The number of para-hydroxylation sites is 3. The molecule has 3 aromatic heterocycles. The summed E-state index contributed by atoms with van der Waals surface area (Å²) in [4.78, 5) is 2.37. The molecule has 0 atom stereocenters. The quantitative estimate of drug-likeness (QED) is 0.168. The average Bonchev–Trinajstić information content (AvgIpc) is 3.97. The highest BCUT2D eigenvalue weighted by atomic mass is 32.1. The van der Waals surface area contributed by atoms with E-state index in [9.17, 15) is 0 Å². The number of hydrogen-bond donors (Lipinski definition) is 0. The lowest BCUT2D eigenvalue weighted by Gasteiger charge is -2.26. The Balaban J connectivity index is 0.988. The number of hydrogen-bond acceptors (Lipinski definition) is 3. The van der Waals surface area contributed by atoms with Gasteiger partial charge in [-0.1, -0.05) is 127 Å². The van der Waals surface area contributed by atoms with Crippen molar-refractivity contribution in [2.45, 2.75) is 0 Å². The summed E-state index contributed by atoms with van der Waals surface area (Å²) >= 11 is 1.87. The van der Waals surface area contributed by atoms with Crippen LogP contribution in [0.15, 0.2) is 211 Å². The number of rotatable bonds is 6. The third-order valence-electron chi connectivity index (χ3n) is 11.6. The van der Waals surface area contributed by atoms with E-state index in [1.807, 2.05) is 23.5 Å². The van der Waals surface area contributed by atoms with Crippen LogP contribution in [0.2, 0.25) is 0 Å². The molecule has 4 heteroatoms. The number of thiophene rings is 1. The maximum absolute atomic E-state index is 6.14. The van der Waals surface area contributed by atoms with Crippen LogP contribution in [0.3, 0.4) is 0 Å². The minimum absolute atomic E-state index is 0.905. The minimum Gasteiger partial charge on any atom is -0.456 e. The van der Waals surface area contributed by atoms with E-state index in [-0.39, 0.29) is 0 Å². The molecule has 0 radical (unpaired) electrons. The molecule has 0 bridgehead atoms. The normalized spacial score (nSPS) is 11.8. The molecule has 272 valence electrons. The van der Waals surface area contributed by atoms with Gasteiger partial charge in [0.05, 0.1) is 11.0 Å². The van der Waals surface area contributed by atoms with Crippen molar-refractivity contribution in [1.29, 1.82) is 0 Å². The SMILES string of the molecule is c1cc(N(c2ccc(-c3ccc4oc5ccccc5c4c3)cc2)c2ccc(-c3cccc4c3sc3ccccc34)cc2)cc(-n2c3ccccc3c3ccccc32)c1. The molecule has 12 rings (SSSR count). The summed E-state index contributed by atoms with van der Waals surface area (Å²) in [5.41, 5.74) is 13.4. The van der Waals surface area contributed by atoms with E-state index in [0.29, 0.717) is 0 Å². The molecule has 0 spiro atoms.